The predicted molar refractivity (Wildman–Crippen MR) is 117 cm³/mol. The number of amides is 1. The molecule has 0 spiro atoms. The summed E-state index contributed by atoms with van der Waals surface area (Å²) in [6.07, 6.45) is 1.68. The highest BCUT2D eigenvalue weighted by Crippen LogP contribution is 2.31. The molecule has 5 nitrogen and oxygen atoms in total. The van der Waals surface area contributed by atoms with E-state index in [4.69, 9.17) is 0 Å². The number of halogens is 1. The third-order valence-electron chi connectivity index (χ3n) is 5.15. The Morgan fingerprint density at radius 3 is 2.70 bits per heavy atom. The van der Waals surface area contributed by atoms with E-state index in [1.54, 1.807) is 22.4 Å². The van der Waals surface area contributed by atoms with Gasteiger partial charge in [-0.2, -0.15) is 0 Å². The number of carbonyl (C=O) groups excluding carboxylic acids is 1. The molecular formula is C22H21FN2O3S2. The lowest BCUT2D eigenvalue weighted by molar-refractivity contribution is -0.116. The molecule has 0 aliphatic carbocycles. The molecule has 1 aliphatic heterocycles. The third-order valence-corrected chi connectivity index (χ3v) is 7.51. The molecular weight excluding hydrogens is 423 g/mol. The summed E-state index contributed by atoms with van der Waals surface area (Å²) >= 11 is 1.29. The molecule has 0 N–H and O–H groups in total. The molecule has 0 saturated heterocycles. The normalized spacial score (nSPS) is 16.3. The summed E-state index contributed by atoms with van der Waals surface area (Å²) in [6.45, 7) is 1.94. The number of hydrogen-bond donors (Lipinski definition) is 0. The molecule has 1 aliphatic rings. The molecule has 8 heteroatoms. The fourth-order valence-corrected chi connectivity index (χ4v) is 5.85. The van der Waals surface area contributed by atoms with E-state index in [1.807, 2.05) is 31.2 Å². The Balaban J connectivity index is 1.49. The highest BCUT2D eigenvalue weighted by molar-refractivity contribution is 7.91. The number of sulfone groups is 1. The zero-order valence-electron chi connectivity index (χ0n) is 16.4. The standard InChI is InChI=1S/C22H21FN2O3S2/c1-15-6-7-16-4-2-3-5-20(16)25(15)21(26)14-30(27,28)13-19-12-29-22(24-19)17-8-10-18(23)11-9-17/h2-5,8-12,15H,6-7,13-14H2,1H3. The number of aromatic nitrogens is 1. The average Bonchev–Trinajstić information content (AvgIpc) is 3.15. The van der Waals surface area contributed by atoms with Crippen molar-refractivity contribution in [2.24, 2.45) is 0 Å². The number of nitrogens with zero attached hydrogens (tertiary/aromatic N) is 2. The van der Waals surface area contributed by atoms with Crippen LogP contribution >= 0.6 is 11.3 Å². The number of benzene rings is 2. The Labute approximate surface area is 179 Å². The van der Waals surface area contributed by atoms with Crippen molar-refractivity contribution in [3.8, 4) is 10.6 Å². The van der Waals surface area contributed by atoms with Gasteiger partial charge in [-0.05, 0) is 55.7 Å². The van der Waals surface area contributed by atoms with Gasteiger partial charge in [-0.15, -0.1) is 11.3 Å². The number of carbonyl (C=O) groups is 1. The van der Waals surface area contributed by atoms with E-state index in [2.05, 4.69) is 4.98 Å². The van der Waals surface area contributed by atoms with E-state index in [1.165, 1.54) is 23.5 Å². The van der Waals surface area contributed by atoms with Gasteiger partial charge >= 0.3 is 0 Å². The van der Waals surface area contributed by atoms with E-state index in [0.29, 0.717) is 10.7 Å². The maximum absolute atomic E-state index is 13.1. The quantitative estimate of drug-likeness (QED) is 0.591. The van der Waals surface area contributed by atoms with Crippen LogP contribution in [0.3, 0.4) is 0 Å². The average molecular weight is 445 g/mol. The van der Waals surface area contributed by atoms with Crippen LogP contribution in [0, 0.1) is 5.82 Å². The molecule has 0 fully saturated rings. The van der Waals surface area contributed by atoms with Crippen LogP contribution in [0.4, 0.5) is 10.1 Å². The lowest BCUT2D eigenvalue weighted by atomic mass is 9.97. The lowest BCUT2D eigenvalue weighted by Gasteiger charge is -2.35. The first-order chi connectivity index (χ1) is 14.3. The molecule has 0 bridgehead atoms. The van der Waals surface area contributed by atoms with Gasteiger partial charge in [0, 0.05) is 22.7 Å². The maximum atomic E-state index is 13.1. The summed E-state index contributed by atoms with van der Waals surface area (Å²) in [4.78, 5) is 18.9. The van der Waals surface area contributed by atoms with Gasteiger partial charge in [-0.1, -0.05) is 18.2 Å². The summed E-state index contributed by atoms with van der Waals surface area (Å²) in [5, 5.41) is 2.28. The Kier molecular flexibility index (Phi) is 5.71. The second-order valence-corrected chi connectivity index (χ2v) is 10.4. The first-order valence-electron chi connectivity index (χ1n) is 9.63. The van der Waals surface area contributed by atoms with Crippen molar-refractivity contribution in [1.82, 2.24) is 4.98 Å². The minimum absolute atomic E-state index is 0.0491. The van der Waals surface area contributed by atoms with Crippen LogP contribution in [0.1, 0.15) is 24.6 Å². The number of anilines is 1. The second kappa shape index (κ2) is 8.28. The van der Waals surface area contributed by atoms with Gasteiger partial charge in [0.15, 0.2) is 9.84 Å². The largest absolute Gasteiger partial charge is 0.308 e. The van der Waals surface area contributed by atoms with Gasteiger partial charge < -0.3 is 4.90 Å². The Morgan fingerprint density at radius 2 is 1.93 bits per heavy atom. The van der Waals surface area contributed by atoms with E-state index < -0.39 is 21.5 Å². The highest BCUT2D eigenvalue weighted by atomic mass is 32.2. The number of aryl methyl sites for hydroxylation is 1. The monoisotopic (exact) mass is 444 g/mol. The molecule has 2 heterocycles. The molecule has 3 aromatic rings. The van der Waals surface area contributed by atoms with Crippen LogP contribution in [-0.2, 0) is 26.8 Å². The number of para-hydroxylation sites is 1. The summed E-state index contributed by atoms with van der Waals surface area (Å²) in [5.74, 6) is -1.62. The number of thiazole rings is 1. The molecule has 1 unspecified atom stereocenters. The summed E-state index contributed by atoms with van der Waals surface area (Å²) < 4.78 is 38.6. The van der Waals surface area contributed by atoms with Gasteiger partial charge in [-0.3, -0.25) is 4.79 Å². The first-order valence-corrected chi connectivity index (χ1v) is 12.3. The Hall–Kier alpha value is -2.58. The van der Waals surface area contributed by atoms with E-state index in [9.17, 15) is 17.6 Å². The van der Waals surface area contributed by atoms with Gasteiger partial charge in [0.25, 0.3) is 0 Å². The summed E-state index contributed by atoms with van der Waals surface area (Å²) in [6, 6.07) is 13.5. The Morgan fingerprint density at radius 1 is 1.20 bits per heavy atom. The molecule has 0 radical (unpaired) electrons. The smallest absolute Gasteiger partial charge is 0.242 e. The van der Waals surface area contributed by atoms with Crippen molar-refractivity contribution >= 4 is 32.8 Å². The molecule has 4 rings (SSSR count). The molecule has 0 saturated carbocycles. The van der Waals surface area contributed by atoms with Gasteiger partial charge in [-0.25, -0.2) is 17.8 Å². The topological polar surface area (TPSA) is 67.3 Å². The van der Waals surface area contributed by atoms with Crippen LogP contribution in [-0.4, -0.2) is 31.1 Å². The molecule has 156 valence electrons. The molecule has 1 atom stereocenters. The predicted octanol–water partition coefficient (Wildman–Crippen LogP) is 4.23. The zero-order chi connectivity index (χ0) is 21.3. The molecule has 1 amide bonds. The summed E-state index contributed by atoms with van der Waals surface area (Å²) in [7, 11) is -3.69. The minimum Gasteiger partial charge on any atom is -0.308 e. The first kappa shape index (κ1) is 20.7. The fourth-order valence-electron chi connectivity index (χ4n) is 3.70. The van der Waals surface area contributed by atoms with Gasteiger partial charge in [0.1, 0.15) is 16.6 Å². The number of fused-ring (bicyclic) bond motifs is 1. The van der Waals surface area contributed by atoms with E-state index in [0.717, 1.165) is 29.7 Å². The molecule has 1 aromatic heterocycles. The second-order valence-electron chi connectivity index (χ2n) is 7.46. The van der Waals surface area contributed by atoms with Crippen molar-refractivity contribution in [2.75, 3.05) is 10.7 Å². The molecule has 2 aromatic carbocycles. The summed E-state index contributed by atoms with van der Waals surface area (Å²) in [5.41, 5.74) is 2.97. The van der Waals surface area contributed by atoms with Crippen LogP contribution in [0.15, 0.2) is 53.9 Å². The zero-order valence-corrected chi connectivity index (χ0v) is 18.0. The van der Waals surface area contributed by atoms with Gasteiger partial charge in [0.05, 0.1) is 11.4 Å². The third kappa shape index (κ3) is 4.44. The van der Waals surface area contributed by atoms with E-state index in [-0.39, 0.29) is 17.6 Å². The Bertz CT molecular complexity index is 1170. The maximum Gasteiger partial charge on any atom is 0.242 e. The van der Waals surface area contributed by atoms with Crippen LogP contribution in [0.2, 0.25) is 0 Å². The molecule has 30 heavy (non-hydrogen) atoms. The van der Waals surface area contributed by atoms with Crippen molar-refractivity contribution in [3.05, 3.63) is 71.0 Å². The van der Waals surface area contributed by atoms with Gasteiger partial charge in [0.2, 0.25) is 5.91 Å². The van der Waals surface area contributed by atoms with Crippen LogP contribution < -0.4 is 4.90 Å². The van der Waals surface area contributed by atoms with Crippen LogP contribution in [0.5, 0.6) is 0 Å². The number of rotatable bonds is 5. The fraction of sp³-hybridized carbons (Fsp3) is 0.273. The van der Waals surface area contributed by atoms with Crippen molar-refractivity contribution in [3.63, 3.8) is 0 Å². The number of hydrogen-bond acceptors (Lipinski definition) is 5. The lowest BCUT2D eigenvalue weighted by Crippen LogP contribution is -2.45. The van der Waals surface area contributed by atoms with Crippen molar-refractivity contribution in [2.45, 2.75) is 31.6 Å². The highest BCUT2D eigenvalue weighted by Gasteiger charge is 2.31. The SMILES string of the molecule is CC1CCc2ccccc2N1C(=O)CS(=O)(=O)Cc1csc(-c2ccc(F)cc2)n1. The minimum atomic E-state index is -3.69. The van der Waals surface area contributed by atoms with Crippen molar-refractivity contribution < 1.29 is 17.6 Å². The van der Waals surface area contributed by atoms with E-state index >= 15 is 0 Å². The van der Waals surface area contributed by atoms with Crippen molar-refractivity contribution in [1.29, 1.82) is 0 Å². The van der Waals surface area contributed by atoms with Crippen LogP contribution in [0.25, 0.3) is 10.6 Å².